The Morgan fingerprint density at radius 2 is 1.51 bits per heavy atom. The highest BCUT2D eigenvalue weighted by Crippen LogP contribution is 2.24. The summed E-state index contributed by atoms with van der Waals surface area (Å²) < 4.78 is 28.0. The van der Waals surface area contributed by atoms with Gasteiger partial charge in [0.1, 0.15) is 6.54 Å². The summed E-state index contributed by atoms with van der Waals surface area (Å²) in [4.78, 5) is 13.1. The average Bonchev–Trinajstić information content (AvgIpc) is 2.87. The molecule has 0 fully saturated rings. The number of carbonyl (C=O) groups excluding carboxylic acids is 1. The van der Waals surface area contributed by atoms with Crippen molar-refractivity contribution in [3.05, 3.63) is 108 Å². The van der Waals surface area contributed by atoms with E-state index in [-0.39, 0.29) is 23.3 Å². The van der Waals surface area contributed by atoms with Gasteiger partial charge >= 0.3 is 0 Å². The predicted molar refractivity (Wildman–Crippen MR) is 142 cm³/mol. The first-order chi connectivity index (χ1) is 16.8. The number of anilines is 1. The van der Waals surface area contributed by atoms with Crippen molar-refractivity contribution in [2.24, 2.45) is 5.92 Å². The van der Waals surface area contributed by atoms with E-state index >= 15 is 0 Å². The molecular weight excluding hydrogens is 456 g/mol. The first kappa shape index (κ1) is 24.5. The van der Waals surface area contributed by atoms with E-state index in [4.69, 9.17) is 0 Å². The van der Waals surface area contributed by atoms with Crippen molar-refractivity contribution >= 4 is 32.4 Å². The van der Waals surface area contributed by atoms with Crippen LogP contribution in [0.3, 0.4) is 0 Å². The van der Waals surface area contributed by atoms with E-state index in [1.807, 2.05) is 31.2 Å². The molecular formula is C29H30N2O3S. The molecule has 0 bridgehead atoms. The summed E-state index contributed by atoms with van der Waals surface area (Å²) in [6, 6.07) is 29.9. The van der Waals surface area contributed by atoms with E-state index in [0.29, 0.717) is 12.2 Å². The molecule has 4 aromatic rings. The number of carbonyl (C=O) groups is 1. The maximum absolute atomic E-state index is 13.4. The van der Waals surface area contributed by atoms with Crippen LogP contribution in [0.15, 0.2) is 102 Å². The lowest BCUT2D eigenvalue weighted by atomic mass is 9.96. The van der Waals surface area contributed by atoms with Crippen LogP contribution in [0, 0.1) is 12.8 Å². The van der Waals surface area contributed by atoms with E-state index in [9.17, 15) is 13.2 Å². The molecule has 1 amide bonds. The van der Waals surface area contributed by atoms with Gasteiger partial charge in [-0.3, -0.25) is 9.10 Å². The quantitative estimate of drug-likeness (QED) is 0.347. The smallest absolute Gasteiger partial charge is 0.264 e. The SMILES string of the molecule is Cc1ccc(N(CC(=O)NCC(C)Cc2cccc3ccccc23)S(=O)(=O)c2ccccc2)cc1. The zero-order chi connectivity index (χ0) is 24.8. The molecule has 0 radical (unpaired) electrons. The molecule has 6 heteroatoms. The van der Waals surface area contributed by atoms with Gasteiger partial charge in [0, 0.05) is 6.54 Å². The van der Waals surface area contributed by atoms with Crippen LogP contribution in [0.4, 0.5) is 5.69 Å². The lowest BCUT2D eigenvalue weighted by Crippen LogP contribution is -2.42. The number of hydrogen-bond donors (Lipinski definition) is 1. The molecule has 0 aliphatic heterocycles. The van der Waals surface area contributed by atoms with Gasteiger partial charge in [0.25, 0.3) is 10.0 Å². The summed E-state index contributed by atoms with van der Waals surface area (Å²) >= 11 is 0. The second kappa shape index (κ2) is 10.7. The molecule has 0 aromatic heterocycles. The van der Waals surface area contributed by atoms with Gasteiger partial charge in [0.15, 0.2) is 0 Å². The highest BCUT2D eigenvalue weighted by molar-refractivity contribution is 7.92. The second-order valence-electron chi connectivity index (χ2n) is 8.91. The van der Waals surface area contributed by atoms with E-state index in [2.05, 4.69) is 42.6 Å². The second-order valence-corrected chi connectivity index (χ2v) is 10.8. The maximum atomic E-state index is 13.4. The van der Waals surface area contributed by atoms with E-state index in [1.54, 1.807) is 42.5 Å². The molecule has 0 heterocycles. The Balaban J connectivity index is 1.46. The van der Waals surface area contributed by atoms with Crippen LogP contribution in [0.2, 0.25) is 0 Å². The number of benzene rings is 4. The fraction of sp³-hybridized carbons (Fsp3) is 0.207. The van der Waals surface area contributed by atoms with Crippen molar-refractivity contribution in [2.45, 2.75) is 25.2 Å². The van der Waals surface area contributed by atoms with Crippen LogP contribution in [-0.4, -0.2) is 27.4 Å². The summed E-state index contributed by atoms with van der Waals surface area (Å²) in [5.41, 5.74) is 2.70. The van der Waals surface area contributed by atoms with Gasteiger partial charge in [-0.1, -0.05) is 85.3 Å². The number of amides is 1. The van der Waals surface area contributed by atoms with Gasteiger partial charge in [-0.15, -0.1) is 0 Å². The molecule has 0 aliphatic rings. The fourth-order valence-corrected chi connectivity index (χ4v) is 5.58. The summed E-state index contributed by atoms with van der Waals surface area (Å²) in [5, 5.41) is 5.35. The number of aryl methyl sites for hydroxylation is 1. The number of nitrogens with one attached hydrogen (secondary N) is 1. The summed E-state index contributed by atoms with van der Waals surface area (Å²) in [6.45, 7) is 4.18. The van der Waals surface area contributed by atoms with Crippen molar-refractivity contribution in [3.63, 3.8) is 0 Å². The topological polar surface area (TPSA) is 66.5 Å². The Labute approximate surface area is 207 Å². The van der Waals surface area contributed by atoms with E-state index in [0.717, 1.165) is 12.0 Å². The third-order valence-corrected chi connectivity index (χ3v) is 7.82. The average molecular weight is 487 g/mol. The van der Waals surface area contributed by atoms with Gasteiger partial charge in [0.2, 0.25) is 5.91 Å². The van der Waals surface area contributed by atoms with Crippen molar-refractivity contribution < 1.29 is 13.2 Å². The highest BCUT2D eigenvalue weighted by atomic mass is 32.2. The van der Waals surface area contributed by atoms with Gasteiger partial charge in [-0.25, -0.2) is 8.42 Å². The minimum atomic E-state index is -3.90. The fourth-order valence-electron chi connectivity index (χ4n) is 4.14. The van der Waals surface area contributed by atoms with Crippen LogP contribution >= 0.6 is 0 Å². The minimum absolute atomic E-state index is 0.151. The van der Waals surface area contributed by atoms with Gasteiger partial charge in [-0.05, 0) is 59.9 Å². The predicted octanol–water partition coefficient (Wildman–Crippen LogP) is 5.34. The van der Waals surface area contributed by atoms with Crippen molar-refractivity contribution in [3.8, 4) is 0 Å². The van der Waals surface area contributed by atoms with Crippen LogP contribution in [0.5, 0.6) is 0 Å². The standard InChI is InChI=1S/C29H30N2O3S/c1-22-15-17-26(18-16-22)31(35(33,34)27-12-4-3-5-13-27)21-29(32)30-20-23(2)19-25-11-8-10-24-9-6-7-14-28(24)25/h3-18,23H,19-21H2,1-2H3,(H,30,32). The molecule has 4 aromatic carbocycles. The number of sulfonamides is 1. The monoisotopic (exact) mass is 486 g/mol. The van der Waals surface area contributed by atoms with Crippen LogP contribution < -0.4 is 9.62 Å². The Morgan fingerprint density at radius 3 is 2.26 bits per heavy atom. The number of nitrogens with zero attached hydrogens (tertiary/aromatic N) is 1. The molecule has 35 heavy (non-hydrogen) atoms. The molecule has 0 saturated heterocycles. The van der Waals surface area contributed by atoms with Gasteiger partial charge in [0.05, 0.1) is 10.6 Å². The Morgan fingerprint density at radius 1 is 0.857 bits per heavy atom. The molecule has 180 valence electrons. The van der Waals surface area contributed by atoms with Crippen molar-refractivity contribution in [2.75, 3.05) is 17.4 Å². The number of rotatable bonds is 9. The lowest BCUT2D eigenvalue weighted by molar-refractivity contribution is -0.119. The minimum Gasteiger partial charge on any atom is -0.354 e. The molecule has 1 N–H and O–H groups in total. The van der Waals surface area contributed by atoms with Gasteiger partial charge < -0.3 is 5.32 Å². The molecule has 4 rings (SSSR count). The zero-order valence-corrected chi connectivity index (χ0v) is 20.8. The van der Waals surface area contributed by atoms with Crippen LogP contribution in [-0.2, 0) is 21.2 Å². The van der Waals surface area contributed by atoms with Crippen molar-refractivity contribution in [1.29, 1.82) is 0 Å². The zero-order valence-electron chi connectivity index (χ0n) is 20.0. The maximum Gasteiger partial charge on any atom is 0.264 e. The molecule has 0 spiro atoms. The Kier molecular flexibility index (Phi) is 7.51. The van der Waals surface area contributed by atoms with E-state index in [1.165, 1.54) is 20.6 Å². The van der Waals surface area contributed by atoms with Gasteiger partial charge in [-0.2, -0.15) is 0 Å². The molecule has 1 unspecified atom stereocenters. The lowest BCUT2D eigenvalue weighted by Gasteiger charge is -2.24. The van der Waals surface area contributed by atoms with Crippen molar-refractivity contribution in [1.82, 2.24) is 5.32 Å². The summed E-state index contributed by atoms with van der Waals surface area (Å²) in [7, 11) is -3.90. The highest BCUT2D eigenvalue weighted by Gasteiger charge is 2.27. The number of hydrogen-bond acceptors (Lipinski definition) is 3. The molecule has 0 aliphatic carbocycles. The third-order valence-electron chi connectivity index (χ3n) is 6.04. The first-order valence-electron chi connectivity index (χ1n) is 11.7. The third kappa shape index (κ3) is 5.89. The molecule has 5 nitrogen and oxygen atoms in total. The Bertz CT molecular complexity index is 1400. The molecule has 1 atom stereocenters. The van der Waals surface area contributed by atoms with Crippen LogP contribution in [0.25, 0.3) is 10.8 Å². The van der Waals surface area contributed by atoms with Crippen LogP contribution in [0.1, 0.15) is 18.1 Å². The van der Waals surface area contributed by atoms with E-state index < -0.39 is 10.0 Å². The summed E-state index contributed by atoms with van der Waals surface area (Å²) in [5.74, 6) is -0.154. The largest absolute Gasteiger partial charge is 0.354 e. The normalized spacial score (nSPS) is 12.3. The first-order valence-corrected chi connectivity index (χ1v) is 13.2. The summed E-state index contributed by atoms with van der Waals surface area (Å²) in [6.07, 6.45) is 0.811. The Hall–Kier alpha value is -3.64. The number of fused-ring (bicyclic) bond motifs is 1. The molecule has 0 saturated carbocycles.